The Morgan fingerprint density at radius 1 is 1.53 bits per heavy atom. The first-order valence-electron chi connectivity index (χ1n) is 5.00. The van der Waals surface area contributed by atoms with Crippen LogP contribution in [0.1, 0.15) is 25.8 Å². The number of benzene rings is 1. The van der Waals surface area contributed by atoms with E-state index in [0.717, 1.165) is 0 Å². The molecule has 0 radical (unpaired) electrons. The van der Waals surface area contributed by atoms with Gasteiger partial charge in [-0.1, -0.05) is 6.92 Å². The minimum atomic E-state index is -0.472. The van der Waals surface area contributed by atoms with Gasteiger partial charge in [-0.3, -0.25) is 4.79 Å². The van der Waals surface area contributed by atoms with Crippen molar-refractivity contribution in [3.63, 3.8) is 0 Å². The second-order valence-electron chi connectivity index (χ2n) is 3.49. The van der Waals surface area contributed by atoms with Crippen molar-refractivity contribution >= 4 is 5.78 Å². The minimum absolute atomic E-state index is 0.0389. The number of hydrogen-bond acceptors (Lipinski definition) is 2. The summed E-state index contributed by atoms with van der Waals surface area (Å²) in [7, 11) is 0. The Balaban J connectivity index is 2.73. The number of aryl methyl sites for hydroxylation is 1. The van der Waals surface area contributed by atoms with Gasteiger partial charge in [0.2, 0.25) is 0 Å². The first-order valence-corrected chi connectivity index (χ1v) is 5.00. The quantitative estimate of drug-likeness (QED) is 0.763. The topological polar surface area (TPSA) is 26.3 Å². The molecule has 1 aromatic carbocycles. The molecule has 1 unspecified atom stereocenters. The molecule has 15 heavy (non-hydrogen) atoms. The highest BCUT2D eigenvalue weighted by molar-refractivity contribution is 5.82. The maximum Gasteiger partial charge on any atom is 0.172 e. The minimum Gasteiger partial charge on any atom is -0.483 e. The molecule has 0 N–H and O–H groups in total. The van der Waals surface area contributed by atoms with E-state index < -0.39 is 6.10 Å². The van der Waals surface area contributed by atoms with Gasteiger partial charge in [-0.05, 0) is 37.6 Å². The van der Waals surface area contributed by atoms with Crippen molar-refractivity contribution in [3.8, 4) is 5.75 Å². The predicted octanol–water partition coefficient (Wildman–Crippen LogP) is 2.88. The van der Waals surface area contributed by atoms with Gasteiger partial charge >= 0.3 is 0 Å². The molecule has 0 aliphatic carbocycles. The molecule has 1 aromatic rings. The molecule has 0 saturated carbocycles. The third-order valence-electron chi connectivity index (χ3n) is 2.24. The molecule has 1 atom stereocenters. The van der Waals surface area contributed by atoms with Crippen LogP contribution < -0.4 is 4.74 Å². The fraction of sp³-hybridized carbons (Fsp3) is 0.417. The Kier molecular flexibility index (Phi) is 3.83. The fourth-order valence-electron chi connectivity index (χ4n) is 1.25. The van der Waals surface area contributed by atoms with E-state index in [0.29, 0.717) is 17.7 Å². The summed E-state index contributed by atoms with van der Waals surface area (Å²) >= 11 is 0. The Labute approximate surface area is 89.1 Å². The Hall–Kier alpha value is -1.38. The molecule has 3 heteroatoms. The molecule has 2 nitrogen and oxygen atoms in total. The van der Waals surface area contributed by atoms with Crippen molar-refractivity contribution in [2.24, 2.45) is 0 Å². The monoisotopic (exact) mass is 210 g/mol. The van der Waals surface area contributed by atoms with Crippen LogP contribution in [0.4, 0.5) is 4.39 Å². The van der Waals surface area contributed by atoms with Gasteiger partial charge in [0.1, 0.15) is 11.6 Å². The maximum absolute atomic E-state index is 12.9. The molecule has 0 heterocycles. The number of carbonyl (C=O) groups excluding carboxylic acids is 1. The van der Waals surface area contributed by atoms with Crippen molar-refractivity contribution in [1.29, 1.82) is 0 Å². The first kappa shape index (κ1) is 11.7. The molecule has 0 amide bonds. The molecule has 0 aliphatic heterocycles. The Bertz CT molecular complexity index is 361. The van der Waals surface area contributed by atoms with Gasteiger partial charge in [0, 0.05) is 6.42 Å². The predicted molar refractivity (Wildman–Crippen MR) is 56.5 cm³/mol. The summed E-state index contributed by atoms with van der Waals surface area (Å²) in [4.78, 5) is 11.3. The van der Waals surface area contributed by atoms with Crippen LogP contribution in [0.15, 0.2) is 18.2 Å². The molecule has 0 bridgehead atoms. The van der Waals surface area contributed by atoms with Gasteiger partial charge in [0.05, 0.1) is 0 Å². The molecule has 0 spiro atoms. The Morgan fingerprint density at radius 3 is 2.73 bits per heavy atom. The van der Waals surface area contributed by atoms with Crippen LogP contribution in [0.5, 0.6) is 5.75 Å². The number of rotatable bonds is 4. The molecule has 0 aromatic heterocycles. The highest BCUT2D eigenvalue weighted by Gasteiger charge is 2.12. The van der Waals surface area contributed by atoms with Gasteiger partial charge in [0.15, 0.2) is 11.9 Å². The van der Waals surface area contributed by atoms with Gasteiger partial charge in [-0.2, -0.15) is 0 Å². The lowest BCUT2D eigenvalue weighted by molar-refractivity contribution is -0.124. The average molecular weight is 210 g/mol. The second-order valence-corrected chi connectivity index (χ2v) is 3.49. The summed E-state index contributed by atoms with van der Waals surface area (Å²) in [5.41, 5.74) is 0.517. The lowest BCUT2D eigenvalue weighted by atomic mass is 10.2. The summed E-state index contributed by atoms with van der Waals surface area (Å²) in [5.74, 6) is 0.303. The van der Waals surface area contributed by atoms with Gasteiger partial charge in [0.25, 0.3) is 0 Å². The molecule has 82 valence electrons. The number of hydrogen-bond donors (Lipinski definition) is 0. The number of ether oxygens (including phenoxy) is 1. The van der Waals surface area contributed by atoms with Crippen LogP contribution in [-0.2, 0) is 4.79 Å². The zero-order valence-electron chi connectivity index (χ0n) is 9.21. The van der Waals surface area contributed by atoms with E-state index in [9.17, 15) is 9.18 Å². The van der Waals surface area contributed by atoms with Crippen LogP contribution in [-0.4, -0.2) is 11.9 Å². The highest BCUT2D eigenvalue weighted by atomic mass is 19.1. The van der Waals surface area contributed by atoms with E-state index >= 15 is 0 Å². The van der Waals surface area contributed by atoms with Crippen molar-refractivity contribution in [1.82, 2.24) is 0 Å². The summed E-state index contributed by atoms with van der Waals surface area (Å²) < 4.78 is 18.3. The van der Waals surface area contributed by atoms with Crippen LogP contribution in [0.3, 0.4) is 0 Å². The van der Waals surface area contributed by atoms with Crippen molar-refractivity contribution in [2.45, 2.75) is 33.3 Å². The molecule has 0 saturated heterocycles. The highest BCUT2D eigenvalue weighted by Crippen LogP contribution is 2.17. The smallest absolute Gasteiger partial charge is 0.172 e. The standard InChI is InChI=1S/C12H15FO2/c1-4-12(14)9(3)15-10-5-6-11(13)8(2)7-10/h5-7,9H,4H2,1-3H3. The maximum atomic E-state index is 12.9. The normalized spacial score (nSPS) is 12.3. The molecular weight excluding hydrogens is 195 g/mol. The zero-order valence-corrected chi connectivity index (χ0v) is 9.21. The lowest BCUT2D eigenvalue weighted by Gasteiger charge is -2.13. The molecule has 0 aliphatic rings. The van der Waals surface area contributed by atoms with Crippen molar-refractivity contribution < 1.29 is 13.9 Å². The van der Waals surface area contributed by atoms with E-state index in [2.05, 4.69) is 0 Å². The third kappa shape index (κ3) is 3.05. The summed E-state index contributed by atoms with van der Waals surface area (Å²) in [6, 6.07) is 4.46. The summed E-state index contributed by atoms with van der Waals surface area (Å²) in [6.07, 6.45) is -0.0266. The van der Waals surface area contributed by atoms with E-state index in [1.165, 1.54) is 12.1 Å². The molecular formula is C12H15FO2. The summed E-state index contributed by atoms with van der Waals surface area (Å²) in [6.45, 7) is 5.15. The number of Topliss-reactive ketones (excluding diaryl/α,β-unsaturated/α-hetero) is 1. The molecule has 1 rings (SSSR count). The zero-order chi connectivity index (χ0) is 11.4. The third-order valence-corrected chi connectivity index (χ3v) is 2.24. The van der Waals surface area contributed by atoms with Gasteiger partial charge in [-0.25, -0.2) is 4.39 Å². The van der Waals surface area contributed by atoms with Crippen LogP contribution in [0.2, 0.25) is 0 Å². The number of halogens is 1. The fourth-order valence-corrected chi connectivity index (χ4v) is 1.25. The van der Waals surface area contributed by atoms with Crippen LogP contribution in [0.25, 0.3) is 0 Å². The van der Waals surface area contributed by atoms with E-state index in [-0.39, 0.29) is 11.6 Å². The lowest BCUT2D eigenvalue weighted by Crippen LogP contribution is -2.22. The number of carbonyl (C=O) groups is 1. The van der Waals surface area contributed by atoms with Crippen molar-refractivity contribution in [2.75, 3.05) is 0 Å². The number of ketones is 1. The summed E-state index contributed by atoms with van der Waals surface area (Å²) in [5, 5.41) is 0. The Morgan fingerprint density at radius 2 is 2.20 bits per heavy atom. The first-order chi connectivity index (χ1) is 7.04. The van der Waals surface area contributed by atoms with E-state index in [1.54, 1.807) is 26.8 Å². The average Bonchev–Trinajstić information content (AvgIpc) is 2.22. The van der Waals surface area contributed by atoms with Gasteiger partial charge < -0.3 is 4.74 Å². The second kappa shape index (κ2) is 4.91. The largest absolute Gasteiger partial charge is 0.483 e. The van der Waals surface area contributed by atoms with E-state index in [4.69, 9.17) is 4.74 Å². The van der Waals surface area contributed by atoms with Crippen molar-refractivity contribution in [3.05, 3.63) is 29.6 Å². The van der Waals surface area contributed by atoms with E-state index in [1.807, 2.05) is 0 Å². The van der Waals surface area contributed by atoms with Crippen LogP contribution >= 0.6 is 0 Å². The molecule has 0 fully saturated rings. The van der Waals surface area contributed by atoms with Gasteiger partial charge in [-0.15, -0.1) is 0 Å². The SMILES string of the molecule is CCC(=O)C(C)Oc1ccc(F)c(C)c1. The van der Waals surface area contributed by atoms with Crippen LogP contribution in [0, 0.1) is 12.7 Å².